The van der Waals surface area contributed by atoms with E-state index in [1.807, 2.05) is 26.2 Å². The molecule has 3 rings (SSSR count). The normalized spacial score (nSPS) is 19.0. The second-order valence-corrected chi connectivity index (χ2v) is 8.49. The first-order valence-corrected chi connectivity index (χ1v) is 11.2. The van der Waals surface area contributed by atoms with Crippen molar-refractivity contribution in [3.05, 3.63) is 24.2 Å². The largest absolute Gasteiger partial charge is 0.469 e. The summed E-state index contributed by atoms with van der Waals surface area (Å²) >= 11 is 0. The van der Waals surface area contributed by atoms with Crippen molar-refractivity contribution in [1.29, 1.82) is 0 Å². The summed E-state index contributed by atoms with van der Waals surface area (Å²) in [6.07, 6.45) is 6.52. The molecule has 0 atom stereocenters. The van der Waals surface area contributed by atoms with Crippen LogP contribution in [-0.2, 0) is 16.0 Å². The molecule has 0 aromatic carbocycles. The summed E-state index contributed by atoms with van der Waals surface area (Å²) < 4.78 is 10.8. The zero-order valence-electron chi connectivity index (χ0n) is 18.9. The molecule has 176 valence electrons. The monoisotopic (exact) mass is 547 g/mol. The first kappa shape index (κ1) is 25.9. The minimum absolute atomic E-state index is 0. The lowest BCUT2D eigenvalue weighted by atomic mass is 9.85. The first-order valence-electron chi connectivity index (χ1n) is 11.2. The van der Waals surface area contributed by atoms with Gasteiger partial charge in [-0.1, -0.05) is 12.8 Å². The molecule has 2 heterocycles. The summed E-state index contributed by atoms with van der Waals surface area (Å²) in [5.74, 6) is 1.92. The number of morpholine rings is 1. The maximum Gasteiger partial charge on any atom is 0.230 e. The number of ether oxygens (including phenoxy) is 1. The number of hydrogen-bond donors (Lipinski definition) is 2. The Morgan fingerprint density at radius 3 is 2.55 bits per heavy atom. The molecular weight excluding hydrogens is 509 g/mol. The number of hydrogen-bond acceptors (Lipinski definition) is 5. The molecule has 1 saturated carbocycles. The van der Waals surface area contributed by atoms with E-state index in [4.69, 9.17) is 14.1 Å². The van der Waals surface area contributed by atoms with Gasteiger partial charge in [0.15, 0.2) is 5.96 Å². The minimum Gasteiger partial charge on any atom is -0.469 e. The maximum atomic E-state index is 12.9. The standard InChI is InChI=1S/C22H37N5O3.HI/c1-26(2)20(28)22(8-3-4-9-22)18-25-21(23-10-7-19-6-5-15-30-19)24-11-12-27-13-16-29-17-14-27;/h5-6,15H,3-4,7-14,16-18H2,1-2H3,(H2,23,24,25);1H. The van der Waals surface area contributed by atoms with Crippen LogP contribution in [0.5, 0.6) is 0 Å². The Labute approximate surface area is 203 Å². The third-order valence-corrected chi connectivity index (χ3v) is 6.03. The van der Waals surface area contributed by atoms with Crippen LogP contribution in [0.25, 0.3) is 0 Å². The lowest BCUT2D eigenvalue weighted by Gasteiger charge is -2.29. The number of nitrogens with one attached hydrogen (secondary N) is 2. The molecule has 8 nitrogen and oxygen atoms in total. The number of halogens is 1. The molecule has 0 radical (unpaired) electrons. The molecule has 2 fully saturated rings. The van der Waals surface area contributed by atoms with Crippen molar-refractivity contribution in [2.24, 2.45) is 10.4 Å². The number of carbonyl (C=O) groups excluding carboxylic acids is 1. The van der Waals surface area contributed by atoms with Gasteiger partial charge in [0.1, 0.15) is 5.76 Å². The van der Waals surface area contributed by atoms with Gasteiger partial charge < -0.3 is 24.7 Å². The van der Waals surface area contributed by atoms with Gasteiger partial charge in [-0.05, 0) is 25.0 Å². The Hall–Kier alpha value is -1.33. The van der Waals surface area contributed by atoms with E-state index >= 15 is 0 Å². The number of amides is 1. The first-order chi connectivity index (χ1) is 14.6. The van der Waals surface area contributed by atoms with Crippen LogP contribution in [0.1, 0.15) is 31.4 Å². The molecule has 2 N–H and O–H groups in total. The summed E-state index contributed by atoms with van der Waals surface area (Å²) in [6.45, 7) is 6.56. The molecule has 1 aromatic heterocycles. The zero-order chi connectivity index (χ0) is 21.2. The van der Waals surface area contributed by atoms with Crippen molar-refractivity contribution in [1.82, 2.24) is 20.4 Å². The van der Waals surface area contributed by atoms with Crippen LogP contribution < -0.4 is 10.6 Å². The van der Waals surface area contributed by atoms with E-state index < -0.39 is 0 Å². The van der Waals surface area contributed by atoms with Crippen LogP contribution in [0.15, 0.2) is 27.8 Å². The molecule has 0 bridgehead atoms. The van der Waals surface area contributed by atoms with Crippen molar-refractivity contribution >= 4 is 35.8 Å². The fourth-order valence-electron chi connectivity index (χ4n) is 4.29. The number of guanidine groups is 1. The van der Waals surface area contributed by atoms with Gasteiger partial charge in [-0.25, -0.2) is 0 Å². The summed E-state index contributed by atoms with van der Waals surface area (Å²) in [5.41, 5.74) is -0.358. The van der Waals surface area contributed by atoms with Crippen molar-refractivity contribution in [3.8, 4) is 0 Å². The molecule has 2 aliphatic rings. The highest BCUT2D eigenvalue weighted by molar-refractivity contribution is 14.0. The van der Waals surface area contributed by atoms with E-state index in [0.29, 0.717) is 6.54 Å². The van der Waals surface area contributed by atoms with E-state index in [1.165, 1.54) is 0 Å². The summed E-state index contributed by atoms with van der Waals surface area (Å²) in [4.78, 5) is 21.8. The second-order valence-electron chi connectivity index (χ2n) is 8.49. The molecule has 0 unspecified atom stereocenters. The Bertz CT molecular complexity index is 669. The van der Waals surface area contributed by atoms with Gasteiger partial charge in [-0.3, -0.25) is 14.7 Å². The van der Waals surface area contributed by atoms with Crippen molar-refractivity contribution in [3.63, 3.8) is 0 Å². The van der Waals surface area contributed by atoms with Gasteiger partial charge in [-0.15, -0.1) is 24.0 Å². The minimum atomic E-state index is -0.358. The number of aliphatic imine (C=N–C) groups is 1. The number of furan rings is 1. The average Bonchev–Trinajstić information content (AvgIpc) is 3.44. The highest BCUT2D eigenvalue weighted by atomic mass is 127. The van der Waals surface area contributed by atoms with E-state index in [2.05, 4.69) is 15.5 Å². The second kappa shape index (κ2) is 13.3. The molecule has 9 heteroatoms. The van der Waals surface area contributed by atoms with E-state index in [1.54, 1.807) is 11.2 Å². The number of carbonyl (C=O) groups is 1. The Balaban J connectivity index is 0.00000341. The molecule has 1 aliphatic carbocycles. The van der Waals surface area contributed by atoms with Crippen LogP contribution >= 0.6 is 24.0 Å². The Kier molecular flexibility index (Phi) is 11.1. The summed E-state index contributed by atoms with van der Waals surface area (Å²) in [6, 6.07) is 3.88. The molecule has 1 saturated heterocycles. The third-order valence-electron chi connectivity index (χ3n) is 6.03. The van der Waals surface area contributed by atoms with E-state index in [0.717, 1.165) is 89.8 Å². The van der Waals surface area contributed by atoms with Crippen LogP contribution in [0.3, 0.4) is 0 Å². The Morgan fingerprint density at radius 1 is 1.19 bits per heavy atom. The topological polar surface area (TPSA) is 82.3 Å². The van der Waals surface area contributed by atoms with Crippen LogP contribution in [0.4, 0.5) is 0 Å². The van der Waals surface area contributed by atoms with E-state index in [-0.39, 0.29) is 35.3 Å². The highest BCUT2D eigenvalue weighted by Crippen LogP contribution is 2.39. The predicted molar refractivity (Wildman–Crippen MR) is 133 cm³/mol. The summed E-state index contributed by atoms with van der Waals surface area (Å²) in [5, 5.41) is 6.87. The van der Waals surface area contributed by atoms with Crippen LogP contribution in [0.2, 0.25) is 0 Å². The molecule has 0 spiro atoms. The zero-order valence-corrected chi connectivity index (χ0v) is 21.2. The fraction of sp³-hybridized carbons (Fsp3) is 0.727. The van der Waals surface area contributed by atoms with Gasteiger partial charge in [0.25, 0.3) is 0 Å². The van der Waals surface area contributed by atoms with Gasteiger partial charge in [0, 0.05) is 53.2 Å². The predicted octanol–water partition coefficient (Wildman–Crippen LogP) is 1.96. The smallest absolute Gasteiger partial charge is 0.230 e. The van der Waals surface area contributed by atoms with Gasteiger partial charge in [0.05, 0.1) is 31.4 Å². The lowest BCUT2D eigenvalue weighted by Crippen LogP contribution is -2.46. The molecule has 31 heavy (non-hydrogen) atoms. The Morgan fingerprint density at radius 2 is 1.90 bits per heavy atom. The fourth-order valence-corrected chi connectivity index (χ4v) is 4.29. The molecular formula is C22H38IN5O3. The van der Waals surface area contributed by atoms with Crippen molar-refractivity contribution in [2.75, 3.05) is 66.6 Å². The third kappa shape index (κ3) is 7.94. The SMILES string of the molecule is CN(C)C(=O)C1(CN=C(NCCc2ccco2)NCCN2CCOCC2)CCCC1.I. The maximum absolute atomic E-state index is 12.9. The number of rotatable bonds is 9. The quantitative estimate of drug-likeness (QED) is 0.280. The van der Waals surface area contributed by atoms with Crippen molar-refractivity contribution < 1.29 is 13.9 Å². The van der Waals surface area contributed by atoms with Crippen molar-refractivity contribution in [2.45, 2.75) is 32.1 Å². The lowest BCUT2D eigenvalue weighted by molar-refractivity contribution is -0.138. The van der Waals surface area contributed by atoms with Gasteiger partial charge >= 0.3 is 0 Å². The van der Waals surface area contributed by atoms with E-state index in [9.17, 15) is 4.79 Å². The average molecular weight is 547 g/mol. The highest BCUT2D eigenvalue weighted by Gasteiger charge is 2.42. The molecule has 1 amide bonds. The van der Waals surface area contributed by atoms with Crippen LogP contribution in [0, 0.1) is 5.41 Å². The summed E-state index contributed by atoms with van der Waals surface area (Å²) in [7, 11) is 3.68. The number of nitrogens with zero attached hydrogens (tertiary/aromatic N) is 3. The molecule has 1 aromatic rings. The van der Waals surface area contributed by atoms with Crippen LogP contribution in [-0.4, -0.2) is 88.2 Å². The van der Waals surface area contributed by atoms with Gasteiger partial charge in [-0.2, -0.15) is 0 Å². The van der Waals surface area contributed by atoms with Gasteiger partial charge in [0.2, 0.25) is 5.91 Å². The molecule has 1 aliphatic heterocycles.